The fourth-order valence-electron chi connectivity index (χ4n) is 2.07. The van der Waals surface area contributed by atoms with E-state index in [0.717, 1.165) is 0 Å². The van der Waals surface area contributed by atoms with Crippen LogP contribution in [0.2, 0.25) is 0 Å². The predicted octanol–water partition coefficient (Wildman–Crippen LogP) is -1.47. The van der Waals surface area contributed by atoms with Crippen molar-refractivity contribution in [1.29, 1.82) is 0 Å². The molecule has 100 valence electrons. The predicted molar refractivity (Wildman–Crippen MR) is 62.5 cm³/mol. The number of H-pyrrole nitrogens is 1. The third kappa shape index (κ3) is 2.38. The molecule has 1 saturated heterocycles. The first kappa shape index (κ1) is 13.0. The van der Waals surface area contributed by atoms with E-state index < -0.39 is 23.5 Å². The number of nitrogens with one attached hydrogen (secondary N) is 1. The lowest BCUT2D eigenvalue weighted by molar-refractivity contribution is -0.113. The molecule has 0 saturated carbocycles. The van der Waals surface area contributed by atoms with Gasteiger partial charge in [0.25, 0.3) is 5.56 Å². The molecule has 3 N–H and O–H groups in total. The van der Waals surface area contributed by atoms with Crippen molar-refractivity contribution in [3.05, 3.63) is 32.6 Å². The van der Waals surface area contributed by atoms with Crippen LogP contribution >= 0.6 is 0 Å². The Kier molecular flexibility index (Phi) is 3.65. The minimum atomic E-state index is -0.826. The number of aromatic nitrogens is 2. The van der Waals surface area contributed by atoms with Crippen LogP contribution in [-0.4, -0.2) is 45.2 Å². The molecule has 0 amide bonds. The Hall–Kier alpha value is -1.44. The van der Waals surface area contributed by atoms with Gasteiger partial charge in [0, 0.05) is 11.8 Å². The van der Waals surface area contributed by atoms with Crippen LogP contribution in [0.25, 0.3) is 0 Å². The summed E-state index contributed by atoms with van der Waals surface area (Å²) in [6.45, 7) is 1.56. The molecule has 2 rings (SSSR count). The molecule has 1 aliphatic rings. The molecule has 0 unspecified atom stereocenters. The van der Waals surface area contributed by atoms with Crippen molar-refractivity contribution in [2.45, 2.75) is 31.6 Å². The van der Waals surface area contributed by atoms with Gasteiger partial charge in [-0.05, 0) is 13.3 Å². The zero-order chi connectivity index (χ0) is 13.3. The number of aliphatic hydroxyl groups is 2. The van der Waals surface area contributed by atoms with E-state index in [1.807, 2.05) is 0 Å². The topological polar surface area (TPSA) is 105 Å². The summed E-state index contributed by atoms with van der Waals surface area (Å²) in [4.78, 5) is 25.1. The van der Waals surface area contributed by atoms with Crippen LogP contribution in [0.1, 0.15) is 18.0 Å². The monoisotopic (exact) mass is 256 g/mol. The molecule has 7 nitrogen and oxygen atoms in total. The number of rotatable bonds is 2. The molecule has 0 bridgehead atoms. The van der Waals surface area contributed by atoms with Gasteiger partial charge in [-0.15, -0.1) is 0 Å². The molecule has 1 aromatic rings. The molecule has 1 aliphatic heterocycles. The fraction of sp³-hybridized carbons (Fsp3) is 0.636. The van der Waals surface area contributed by atoms with E-state index in [1.165, 1.54) is 10.8 Å². The van der Waals surface area contributed by atoms with E-state index in [-0.39, 0.29) is 19.3 Å². The Morgan fingerprint density at radius 2 is 2.28 bits per heavy atom. The maximum atomic E-state index is 11.7. The molecular formula is C11H16N2O5. The van der Waals surface area contributed by atoms with Crippen LogP contribution < -0.4 is 11.2 Å². The summed E-state index contributed by atoms with van der Waals surface area (Å²) in [5, 5.41) is 18.7. The zero-order valence-corrected chi connectivity index (χ0v) is 10.00. The zero-order valence-electron chi connectivity index (χ0n) is 10.00. The summed E-state index contributed by atoms with van der Waals surface area (Å²) in [6.07, 6.45) is 0.325. The molecule has 3 atom stereocenters. The largest absolute Gasteiger partial charge is 0.394 e. The summed E-state index contributed by atoms with van der Waals surface area (Å²) < 4.78 is 6.63. The highest BCUT2D eigenvalue weighted by molar-refractivity contribution is 5.02. The van der Waals surface area contributed by atoms with Crippen LogP contribution in [0, 0.1) is 6.92 Å². The summed E-state index contributed by atoms with van der Waals surface area (Å²) in [5.41, 5.74) is -0.510. The summed E-state index contributed by atoms with van der Waals surface area (Å²) >= 11 is 0. The minimum Gasteiger partial charge on any atom is -0.394 e. The summed E-state index contributed by atoms with van der Waals surface area (Å²) in [6, 6.07) is -0.342. The normalized spacial score (nSPS) is 28.3. The van der Waals surface area contributed by atoms with Gasteiger partial charge in [-0.25, -0.2) is 4.79 Å². The standard InChI is InChI=1S/C11H16N2O5/c1-6-3-13(11(17)12-10(6)16)7-2-8(15)9(4-14)18-5-7/h3,7-9,14-15H,2,4-5H2,1H3,(H,12,16,17)/t7-,8+,9-/m1/s1. The maximum Gasteiger partial charge on any atom is 0.328 e. The molecule has 0 aromatic carbocycles. The smallest absolute Gasteiger partial charge is 0.328 e. The number of aryl methyl sites for hydroxylation is 1. The van der Waals surface area contributed by atoms with Crippen molar-refractivity contribution >= 4 is 0 Å². The van der Waals surface area contributed by atoms with E-state index >= 15 is 0 Å². The Bertz CT molecular complexity index is 535. The van der Waals surface area contributed by atoms with Gasteiger partial charge in [0.1, 0.15) is 6.10 Å². The molecule has 0 radical (unpaired) electrons. The van der Waals surface area contributed by atoms with Crippen LogP contribution in [-0.2, 0) is 4.74 Å². The maximum absolute atomic E-state index is 11.7. The van der Waals surface area contributed by atoms with Crippen LogP contribution in [0.4, 0.5) is 0 Å². The van der Waals surface area contributed by atoms with Crippen molar-refractivity contribution in [1.82, 2.24) is 9.55 Å². The van der Waals surface area contributed by atoms with Gasteiger partial charge < -0.3 is 14.9 Å². The number of aliphatic hydroxyl groups excluding tert-OH is 2. The highest BCUT2D eigenvalue weighted by Gasteiger charge is 2.30. The van der Waals surface area contributed by atoms with Gasteiger partial charge in [-0.2, -0.15) is 0 Å². The molecule has 1 aromatic heterocycles. The second-order valence-corrected chi connectivity index (χ2v) is 4.49. The third-order valence-corrected chi connectivity index (χ3v) is 3.16. The highest BCUT2D eigenvalue weighted by Crippen LogP contribution is 2.22. The van der Waals surface area contributed by atoms with Crippen molar-refractivity contribution in [2.75, 3.05) is 13.2 Å². The molecule has 7 heteroatoms. The van der Waals surface area contributed by atoms with Gasteiger partial charge >= 0.3 is 5.69 Å². The van der Waals surface area contributed by atoms with E-state index in [9.17, 15) is 14.7 Å². The Labute approximate surface area is 103 Å². The van der Waals surface area contributed by atoms with Gasteiger partial charge in [-0.1, -0.05) is 0 Å². The second-order valence-electron chi connectivity index (χ2n) is 4.49. The van der Waals surface area contributed by atoms with E-state index in [0.29, 0.717) is 12.0 Å². The molecule has 0 spiro atoms. The number of ether oxygens (including phenoxy) is 1. The average molecular weight is 256 g/mol. The highest BCUT2D eigenvalue weighted by atomic mass is 16.5. The Morgan fingerprint density at radius 3 is 2.89 bits per heavy atom. The van der Waals surface area contributed by atoms with Crippen LogP contribution in [0.3, 0.4) is 0 Å². The van der Waals surface area contributed by atoms with Crippen molar-refractivity contribution in [3.8, 4) is 0 Å². The van der Waals surface area contributed by atoms with Crippen molar-refractivity contribution in [3.63, 3.8) is 0 Å². The number of nitrogens with zero attached hydrogens (tertiary/aromatic N) is 1. The molecule has 1 fully saturated rings. The Balaban J connectivity index is 2.26. The van der Waals surface area contributed by atoms with Gasteiger partial charge in [0.2, 0.25) is 0 Å². The molecular weight excluding hydrogens is 240 g/mol. The first-order chi connectivity index (χ1) is 8.52. The summed E-state index contributed by atoms with van der Waals surface area (Å²) in [7, 11) is 0. The number of hydrogen-bond acceptors (Lipinski definition) is 5. The minimum absolute atomic E-state index is 0.216. The lowest BCUT2D eigenvalue weighted by atomic mass is 10.0. The van der Waals surface area contributed by atoms with E-state index in [2.05, 4.69) is 4.98 Å². The molecule has 0 aliphatic carbocycles. The van der Waals surface area contributed by atoms with Gasteiger partial charge in [0.05, 0.1) is 25.4 Å². The number of aromatic amines is 1. The quantitative estimate of drug-likeness (QED) is 0.599. The molecule has 2 heterocycles. The lowest BCUT2D eigenvalue weighted by Crippen LogP contribution is -2.44. The van der Waals surface area contributed by atoms with Crippen LogP contribution in [0.15, 0.2) is 15.8 Å². The number of hydrogen-bond donors (Lipinski definition) is 3. The summed E-state index contributed by atoms with van der Waals surface area (Å²) in [5.74, 6) is 0. The van der Waals surface area contributed by atoms with Gasteiger partial charge in [0.15, 0.2) is 0 Å². The first-order valence-electron chi connectivity index (χ1n) is 5.75. The third-order valence-electron chi connectivity index (χ3n) is 3.16. The fourth-order valence-corrected chi connectivity index (χ4v) is 2.07. The lowest BCUT2D eigenvalue weighted by Gasteiger charge is -2.33. The van der Waals surface area contributed by atoms with Crippen molar-refractivity contribution in [2.24, 2.45) is 0 Å². The van der Waals surface area contributed by atoms with E-state index in [4.69, 9.17) is 9.84 Å². The Morgan fingerprint density at radius 1 is 1.56 bits per heavy atom. The average Bonchev–Trinajstić information content (AvgIpc) is 2.33. The van der Waals surface area contributed by atoms with Crippen LogP contribution in [0.5, 0.6) is 0 Å². The molecule has 18 heavy (non-hydrogen) atoms. The first-order valence-corrected chi connectivity index (χ1v) is 5.75. The van der Waals surface area contributed by atoms with Gasteiger partial charge in [-0.3, -0.25) is 14.3 Å². The van der Waals surface area contributed by atoms with Crippen molar-refractivity contribution < 1.29 is 14.9 Å². The second kappa shape index (κ2) is 5.05. The van der Waals surface area contributed by atoms with E-state index in [1.54, 1.807) is 6.92 Å². The SMILES string of the molecule is Cc1cn([C@H]2CO[C@H](CO)[C@@H](O)C2)c(=O)[nH]c1=O.